The zero-order chi connectivity index (χ0) is 10.5. The quantitative estimate of drug-likeness (QED) is 0.699. The summed E-state index contributed by atoms with van der Waals surface area (Å²) < 4.78 is 0. The molecule has 0 aromatic heterocycles. The summed E-state index contributed by atoms with van der Waals surface area (Å²) in [4.78, 5) is 13.5. The Morgan fingerprint density at radius 3 is 2.31 bits per heavy atom. The highest BCUT2D eigenvalue weighted by Gasteiger charge is 2.20. The van der Waals surface area contributed by atoms with Crippen LogP contribution in [0.15, 0.2) is 11.5 Å². The van der Waals surface area contributed by atoms with Gasteiger partial charge in [-0.2, -0.15) is 0 Å². The summed E-state index contributed by atoms with van der Waals surface area (Å²) in [5, 5.41) is 2.08. The van der Waals surface area contributed by atoms with Crippen LogP contribution in [0.1, 0.15) is 20.8 Å². The molecule has 0 radical (unpaired) electrons. The second-order valence-electron chi connectivity index (χ2n) is 4.29. The fraction of sp³-hybridized carbons (Fsp3) is 0.700. The van der Waals surface area contributed by atoms with Crippen LogP contribution in [0.25, 0.3) is 0 Å². The van der Waals surface area contributed by atoms with Gasteiger partial charge < -0.3 is 4.90 Å². The van der Waals surface area contributed by atoms with Crippen molar-refractivity contribution in [3.8, 4) is 0 Å². The van der Waals surface area contributed by atoms with E-state index in [-0.39, 0.29) is 10.5 Å². The molecule has 3 heteroatoms. The average Bonchev–Trinajstić information content (AvgIpc) is 1.95. The molecular weight excluding hydrogens is 182 g/mol. The first-order valence-corrected chi connectivity index (χ1v) is 5.23. The Hall–Kier alpha value is -0.280. The van der Waals surface area contributed by atoms with Crippen molar-refractivity contribution in [1.29, 1.82) is 0 Å². The van der Waals surface area contributed by atoms with Gasteiger partial charge in [-0.05, 0) is 19.5 Å². The normalized spacial score (nSPS) is 12.8. The maximum Gasteiger partial charge on any atom is 0.198 e. The van der Waals surface area contributed by atoms with Crippen molar-refractivity contribution in [3.05, 3.63) is 11.5 Å². The van der Waals surface area contributed by atoms with Crippen molar-refractivity contribution >= 4 is 16.9 Å². The van der Waals surface area contributed by atoms with Gasteiger partial charge in [0.2, 0.25) is 0 Å². The number of rotatable bonds is 3. The molecule has 0 unspecified atom stereocenters. The van der Waals surface area contributed by atoms with Crippen LogP contribution < -0.4 is 0 Å². The van der Waals surface area contributed by atoms with Crippen LogP contribution in [-0.4, -0.2) is 30.7 Å². The average molecular weight is 201 g/mol. The molecule has 13 heavy (non-hydrogen) atoms. The summed E-state index contributed by atoms with van der Waals surface area (Å²) in [6.07, 6.45) is 1.99. The van der Waals surface area contributed by atoms with Gasteiger partial charge in [-0.1, -0.05) is 38.6 Å². The van der Waals surface area contributed by atoms with Crippen molar-refractivity contribution < 1.29 is 4.79 Å². The molecule has 0 aromatic carbocycles. The molecule has 0 rings (SSSR count). The maximum atomic E-state index is 11.4. The molecule has 0 heterocycles. The molecule has 0 N–H and O–H groups in total. The number of thioether (sulfide) groups is 1. The van der Waals surface area contributed by atoms with E-state index in [2.05, 4.69) is 4.90 Å². The Balaban J connectivity index is 3.77. The number of carbonyl (C=O) groups excluding carboxylic acids is 1. The van der Waals surface area contributed by atoms with Gasteiger partial charge in [-0.15, -0.1) is 0 Å². The molecular formula is C10H19NOS. The van der Waals surface area contributed by atoms with Gasteiger partial charge in [-0.3, -0.25) is 4.79 Å². The molecule has 0 aliphatic rings. The van der Waals surface area contributed by atoms with E-state index in [1.54, 1.807) is 0 Å². The Morgan fingerprint density at radius 1 is 1.38 bits per heavy atom. The topological polar surface area (TPSA) is 20.3 Å². The van der Waals surface area contributed by atoms with E-state index < -0.39 is 0 Å². The van der Waals surface area contributed by atoms with Gasteiger partial charge in [0, 0.05) is 12.0 Å². The van der Waals surface area contributed by atoms with Crippen molar-refractivity contribution in [2.24, 2.45) is 5.41 Å². The zero-order valence-corrected chi connectivity index (χ0v) is 9.94. The Bertz CT molecular complexity index is 192. The Morgan fingerprint density at radius 2 is 1.92 bits per heavy atom. The van der Waals surface area contributed by atoms with Crippen LogP contribution in [0.4, 0.5) is 0 Å². The highest BCUT2D eigenvalue weighted by molar-refractivity contribution is 8.16. The van der Waals surface area contributed by atoms with Crippen LogP contribution in [-0.2, 0) is 4.79 Å². The van der Waals surface area contributed by atoms with Gasteiger partial charge in [0.05, 0.1) is 0 Å². The summed E-state index contributed by atoms with van der Waals surface area (Å²) in [6.45, 7) is 6.68. The molecule has 0 atom stereocenters. The lowest BCUT2D eigenvalue weighted by molar-refractivity contribution is -0.117. The van der Waals surface area contributed by atoms with Gasteiger partial charge in [0.25, 0.3) is 0 Å². The van der Waals surface area contributed by atoms with Gasteiger partial charge in [-0.25, -0.2) is 0 Å². The van der Waals surface area contributed by atoms with E-state index in [1.165, 1.54) is 11.8 Å². The number of likely N-dealkylation sites (N-methyl/N-ethyl adjacent to an activating group) is 1. The lowest BCUT2D eigenvalue weighted by Gasteiger charge is -2.13. The van der Waals surface area contributed by atoms with Crippen molar-refractivity contribution in [3.63, 3.8) is 0 Å². The largest absolute Gasteiger partial charge is 0.306 e. The molecule has 76 valence electrons. The molecule has 0 aliphatic carbocycles. The third-order valence-corrected chi connectivity index (χ3v) is 2.51. The van der Waals surface area contributed by atoms with Crippen LogP contribution >= 0.6 is 11.8 Å². The van der Waals surface area contributed by atoms with E-state index in [9.17, 15) is 4.79 Å². The smallest absolute Gasteiger partial charge is 0.198 e. The monoisotopic (exact) mass is 201 g/mol. The number of carbonyl (C=O) groups is 1. The lowest BCUT2D eigenvalue weighted by Crippen LogP contribution is -2.15. The van der Waals surface area contributed by atoms with E-state index in [1.807, 2.05) is 46.4 Å². The first-order chi connectivity index (χ1) is 5.84. The minimum absolute atomic E-state index is 0.211. The van der Waals surface area contributed by atoms with Crippen molar-refractivity contribution in [1.82, 2.24) is 4.90 Å². The fourth-order valence-corrected chi connectivity index (χ4v) is 1.20. The fourth-order valence-electron chi connectivity index (χ4n) is 0.541. The number of nitrogens with zero attached hydrogens (tertiary/aromatic N) is 1. The Kier molecular flexibility index (Phi) is 5.33. The van der Waals surface area contributed by atoms with Crippen LogP contribution in [0.3, 0.4) is 0 Å². The zero-order valence-electron chi connectivity index (χ0n) is 9.13. The highest BCUT2D eigenvalue weighted by Crippen LogP contribution is 2.23. The van der Waals surface area contributed by atoms with Crippen LogP contribution in [0, 0.1) is 5.41 Å². The first-order valence-electron chi connectivity index (χ1n) is 4.35. The molecule has 0 bridgehead atoms. The molecule has 0 aromatic rings. The van der Waals surface area contributed by atoms with Crippen molar-refractivity contribution in [2.45, 2.75) is 20.8 Å². The summed E-state index contributed by atoms with van der Waals surface area (Å²) in [6, 6.07) is 0. The Labute approximate surface area is 85.4 Å². The minimum atomic E-state index is -0.243. The van der Waals surface area contributed by atoms with E-state index >= 15 is 0 Å². The molecule has 0 saturated carbocycles. The first kappa shape index (κ1) is 12.7. The lowest BCUT2D eigenvalue weighted by atomic mass is 10.00. The minimum Gasteiger partial charge on any atom is -0.306 e. The molecule has 0 saturated heterocycles. The number of hydrogen-bond acceptors (Lipinski definition) is 3. The summed E-state index contributed by atoms with van der Waals surface area (Å²) >= 11 is 1.28. The molecule has 0 fully saturated rings. The predicted octanol–water partition coefficient (Wildman–Crippen LogP) is 2.37. The van der Waals surface area contributed by atoms with E-state index in [0.29, 0.717) is 0 Å². The maximum absolute atomic E-state index is 11.4. The third-order valence-electron chi connectivity index (χ3n) is 1.35. The second kappa shape index (κ2) is 5.45. The molecule has 2 nitrogen and oxygen atoms in total. The summed E-state index contributed by atoms with van der Waals surface area (Å²) in [5.41, 5.74) is -0.243. The SMILES string of the molecule is CN(C)C/C=C/SC(=O)C(C)(C)C. The van der Waals surface area contributed by atoms with Crippen LogP contribution in [0.2, 0.25) is 0 Å². The van der Waals surface area contributed by atoms with Crippen molar-refractivity contribution in [2.75, 3.05) is 20.6 Å². The van der Waals surface area contributed by atoms with Gasteiger partial charge in [0.1, 0.15) is 0 Å². The molecule has 0 amide bonds. The van der Waals surface area contributed by atoms with Gasteiger partial charge in [0.15, 0.2) is 5.12 Å². The number of hydrogen-bond donors (Lipinski definition) is 0. The van der Waals surface area contributed by atoms with E-state index in [4.69, 9.17) is 0 Å². The van der Waals surface area contributed by atoms with Crippen LogP contribution in [0.5, 0.6) is 0 Å². The molecule has 0 spiro atoms. The van der Waals surface area contributed by atoms with E-state index in [0.717, 1.165) is 6.54 Å². The standard InChI is InChI=1S/C10H19NOS/c1-10(2,3)9(12)13-8-6-7-11(4)5/h6,8H,7H2,1-5H3/b8-6+. The molecule has 0 aliphatic heterocycles. The predicted molar refractivity (Wildman–Crippen MR) is 59.7 cm³/mol. The highest BCUT2D eigenvalue weighted by atomic mass is 32.2. The third kappa shape index (κ3) is 6.84. The summed E-state index contributed by atoms with van der Waals surface area (Å²) in [5.74, 6) is 0. The summed E-state index contributed by atoms with van der Waals surface area (Å²) in [7, 11) is 4.00. The van der Waals surface area contributed by atoms with Gasteiger partial charge >= 0.3 is 0 Å². The second-order valence-corrected chi connectivity index (χ2v) is 5.17.